The number of nitrogens with zero attached hydrogens (tertiary/aromatic N) is 2. The van der Waals surface area contributed by atoms with Crippen molar-refractivity contribution in [2.75, 3.05) is 26.2 Å². The minimum atomic E-state index is 0. The summed E-state index contributed by atoms with van der Waals surface area (Å²) in [4.78, 5) is 7.22. The fourth-order valence-corrected chi connectivity index (χ4v) is 3.12. The van der Waals surface area contributed by atoms with Crippen LogP contribution in [0.3, 0.4) is 0 Å². The molecule has 0 unspecified atom stereocenters. The van der Waals surface area contributed by atoms with Crippen LogP contribution in [-0.2, 0) is 6.54 Å². The first-order valence-electron chi connectivity index (χ1n) is 6.76. The van der Waals surface area contributed by atoms with Crippen molar-refractivity contribution >= 4 is 23.7 Å². The zero-order valence-electron chi connectivity index (χ0n) is 11.6. The van der Waals surface area contributed by atoms with Gasteiger partial charge in [0.05, 0.1) is 5.69 Å². The largest absolute Gasteiger partial charge is 0.314 e. The zero-order valence-corrected chi connectivity index (χ0v) is 13.3. The molecule has 0 bridgehead atoms. The molecule has 0 atom stereocenters. The standard InChI is InChI=1S/C15H19N3S.ClH/c1-12-2-4-13(5-3-12)15-17-14(11-19-15)10-18-8-6-16-7-9-18;/h2-5,11,16H,6-10H2,1H3;1H. The smallest absolute Gasteiger partial charge is 0.123 e. The molecule has 1 aliphatic rings. The molecule has 0 spiro atoms. The van der Waals surface area contributed by atoms with Gasteiger partial charge in [0.15, 0.2) is 0 Å². The summed E-state index contributed by atoms with van der Waals surface area (Å²) in [5, 5.41) is 6.70. The number of aromatic nitrogens is 1. The van der Waals surface area contributed by atoms with Crippen molar-refractivity contribution < 1.29 is 0 Å². The van der Waals surface area contributed by atoms with Crippen LogP contribution in [-0.4, -0.2) is 36.1 Å². The van der Waals surface area contributed by atoms with Gasteiger partial charge in [-0.15, -0.1) is 23.7 Å². The molecular weight excluding hydrogens is 290 g/mol. The molecular formula is C15H20ClN3S. The van der Waals surface area contributed by atoms with Gasteiger partial charge in [-0.25, -0.2) is 4.98 Å². The average Bonchev–Trinajstić information content (AvgIpc) is 2.89. The molecule has 20 heavy (non-hydrogen) atoms. The highest BCUT2D eigenvalue weighted by molar-refractivity contribution is 7.13. The van der Waals surface area contributed by atoms with Crippen molar-refractivity contribution in [1.82, 2.24) is 15.2 Å². The third kappa shape index (κ3) is 3.79. The summed E-state index contributed by atoms with van der Waals surface area (Å²) in [6, 6.07) is 8.60. The fraction of sp³-hybridized carbons (Fsp3) is 0.400. The van der Waals surface area contributed by atoms with Crippen LogP contribution >= 0.6 is 23.7 Å². The molecule has 5 heteroatoms. The molecule has 1 saturated heterocycles. The Morgan fingerprint density at radius 1 is 1.20 bits per heavy atom. The molecule has 1 N–H and O–H groups in total. The quantitative estimate of drug-likeness (QED) is 0.945. The summed E-state index contributed by atoms with van der Waals surface area (Å²) in [5.41, 5.74) is 3.71. The van der Waals surface area contributed by atoms with E-state index in [9.17, 15) is 0 Å². The lowest BCUT2D eigenvalue weighted by Crippen LogP contribution is -2.42. The second-order valence-corrected chi connectivity index (χ2v) is 5.89. The monoisotopic (exact) mass is 309 g/mol. The van der Waals surface area contributed by atoms with E-state index in [2.05, 4.69) is 46.8 Å². The molecule has 0 amide bonds. The van der Waals surface area contributed by atoms with Gasteiger partial charge in [0.2, 0.25) is 0 Å². The lowest BCUT2D eigenvalue weighted by Gasteiger charge is -2.26. The number of aryl methyl sites for hydroxylation is 1. The minimum Gasteiger partial charge on any atom is -0.314 e. The third-order valence-electron chi connectivity index (χ3n) is 3.45. The maximum Gasteiger partial charge on any atom is 0.123 e. The second kappa shape index (κ2) is 7.18. The van der Waals surface area contributed by atoms with Crippen LogP contribution in [0.25, 0.3) is 10.6 Å². The van der Waals surface area contributed by atoms with Crippen molar-refractivity contribution in [2.45, 2.75) is 13.5 Å². The van der Waals surface area contributed by atoms with Crippen molar-refractivity contribution in [3.63, 3.8) is 0 Å². The Morgan fingerprint density at radius 2 is 1.90 bits per heavy atom. The van der Waals surface area contributed by atoms with Crippen LogP contribution in [0, 0.1) is 6.92 Å². The fourth-order valence-electron chi connectivity index (χ4n) is 2.31. The summed E-state index contributed by atoms with van der Waals surface area (Å²) in [6.07, 6.45) is 0. The second-order valence-electron chi connectivity index (χ2n) is 5.04. The average molecular weight is 310 g/mol. The first kappa shape index (κ1) is 15.4. The molecule has 1 aromatic heterocycles. The predicted octanol–water partition coefficient (Wildman–Crippen LogP) is 2.95. The molecule has 2 heterocycles. The number of thiazole rings is 1. The van der Waals surface area contributed by atoms with E-state index >= 15 is 0 Å². The van der Waals surface area contributed by atoms with Gasteiger partial charge in [-0.05, 0) is 6.92 Å². The summed E-state index contributed by atoms with van der Waals surface area (Å²) >= 11 is 1.74. The molecule has 3 rings (SSSR count). The Bertz CT molecular complexity index is 532. The van der Waals surface area contributed by atoms with Crippen molar-refractivity contribution in [2.24, 2.45) is 0 Å². The molecule has 3 nitrogen and oxygen atoms in total. The molecule has 2 aromatic rings. The first-order chi connectivity index (χ1) is 9.31. The van der Waals surface area contributed by atoms with E-state index in [0.717, 1.165) is 37.7 Å². The normalized spacial score (nSPS) is 15.8. The van der Waals surface area contributed by atoms with E-state index < -0.39 is 0 Å². The van der Waals surface area contributed by atoms with Crippen molar-refractivity contribution in [3.05, 3.63) is 40.9 Å². The summed E-state index contributed by atoms with van der Waals surface area (Å²) in [6.45, 7) is 7.52. The number of halogens is 1. The Morgan fingerprint density at radius 3 is 2.60 bits per heavy atom. The van der Waals surface area contributed by atoms with E-state index in [1.54, 1.807) is 11.3 Å². The van der Waals surface area contributed by atoms with Crippen molar-refractivity contribution in [3.8, 4) is 10.6 Å². The van der Waals surface area contributed by atoms with Crippen molar-refractivity contribution in [1.29, 1.82) is 0 Å². The van der Waals surface area contributed by atoms with Gasteiger partial charge in [-0.3, -0.25) is 4.90 Å². The molecule has 1 aromatic carbocycles. The van der Waals surface area contributed by atoms with E-state index in [0.29, 0.717) is 0 Å². The summed E-state index contributed by atoms with van der Waals surface area (Å²) in [5.74, 6) is 0. The minimum absolute atomic E-state index is 0. The van der Waals surface area contributed by atoms with Gasteiger partial charge in [0.1, 0.15) is 5.01 Å². The van der Waals surface area contributed by atoms with Crippen LogP contribution in [0.5, 0.6) is 0 Å². The number of hydrogen-bond acceptors (Lipinski definition) is 4. The molecule has 0 radical (unpaired) electrons. The van der Waals surface area contributed by atoms with E-state index in [1.807, 2.05) is 0 Å². The summed E-state index contributed by atoms with van der Waals surface area (Å²) < 4.78 is 0. The maximum absolute atomic E-state index is 4.76. The molecule has 0 aliphatic carbocycles. The molecule has 1 fully saturated rings. The van der Waals surface area contributed by atoms with Gasteiger partial charge in [0.25, 0.3) is 0 Å². The van der Waals surface area contributed by atoms with Crippen LogP contribution in [0.1, 0.15) is 11.3 Å². The molecule has 108 valence electrons. The predicted molar refractivity (Wildman–Crippen MR) is 87.7 cm³/mol. The Hall–Kier alpha value is -0.940. The number of nitrogens with one attached hydrogen (secondary N) is 1. The Balaban J connectivity index is 0.00000147. The Labute approximate surface area is 130 Å². The SMILES string of the molecule is Cc1ccc(-c2nc(CN3CCNCC3)cs2)cc1.Cl. The number of benzene rings is 1. The summed E-state index contributed by atoms with van der Waals surface area (Å²) in [7, 11) is 0. The highest BCUT2D eigenvalue weighted by Gasteiger charge is 2.12. The van der Waals surface area contributed by atoms with Crippen LogP contribution in [0.2, 0.25) is 0 Å². The number of hydrogen-bond donors (Lipinski definition) is 1. The van der Waals surface area contributed by atoms with Gasteiger partial charge in [0, 0.05) is 43.7 Å². The highest BCUT2D eigenvalue weighted by atomic mass is 35.5. The number of piperazine rings is 1. The van der Waals surface area contributed by atoms with Gasteiger partial charge in [-0.1, -0.05) is 29.8 Å². The van der Waals surface area contributed by atoms with Crippen LogP contribution < -0.4 is 5.32 Å². The third-order valence-corrected chi connectivity index (χ3v) is 4.39. The van der Waals surface area contributed by atoms with Crippen LogP contribution in [0.15, 0.2) is 29.6 Å². The lowest BCUT2D eigenvalue weighted by molar-refractivity contribution is 0.231. The lowest BCUT2D eigenvalue weighted by atomic mass is 10.2. The first-order valence-corrected chi connectivity index (χ1v) is 7.64. The van der Waals surface area contributed by atoms with Crippen LogP contribution in [0.4, 0.5) is 0 Å². The Kier molecular flexibility index (Phi) is 5.54. The van der Waals surface area contributed by atoms with Gasteiger partial charge in [-0.2, -0.15) is 0 Å². The van der Waals surface area contributed by atoms with E-state index in [1.165, 1.54) is 16.8 Å². The maximum atomic E-state index is 4.76. The van der Waals surface area contributed by atoms with Gasteiger partial charge < -0.3 is 5.32 Å². The molecule has 1 aliphatic heterocycles. The topological polar surface area (TPSA) is 28.2 Å². The number of rotatable bonds is 3. The molecule has 0 saturated carbocycles. The van der Waals surface area contributed by atoms with E-state index in [4.69, 9.17) is 4.98 Å². The van der Waals surface area contributed by atoms with E-state index in [-0.39, 0.29) is 12.4 Å². The zero-order chi connectivity index (χ0) is 13.1. The van der Waals surface area contributed by atoms with Gasteiger partial charge >= 0.3 is 0 Å². The highest BCUT2D eigenvalue weighted by Crippen LogP contribution is 2.24.